The van der Waals surface area contributed by atoms with Crippen molar-refractivity contribution in [3.05, 3.63) is 29.3 Å². The van der Waals surface area contributed by atoms with E-state index < -0.39 is 0 Å². The molecule has 2 N–H and O–H groups in total. The molecule has 0 unspecified atom stereocenters. The van der Waals surface area contributed by atoms with E-state index in [1.807, 2.05) is 19.9 Å². The summed E-state index contributed by atoms with van der Waals surface area (Å²) < 4.78 is 0. The van der Waals surface area contributed by atoms with Crippen LogP contribution < -0.4 is 5.32 Å². The van der Waals surface area contributed by atoms with Gasteiger partial charge in [-0.1, -0.05) is 19.1 Å². The number of carbonyl (C=O) groups is 1. The van der Waals surface area contributed by atoms with Crippen LogP contribution in [0, 0.1) is 0 Å². The van der Waals surface area contributed by atoms with Gasteiger partial charge in [0.2, 0.25) is 0 Å². The molecule has 0 aromatic heterocycles. The van der Waals surface area contributed by atoms with E-state index in [0.29, 0.717) is 12.1 Å². The SMILES string of the molecule is CCNC(=O)c1cccc(CC)c1O. The van der Waals surface area contributed by atoms with Gasteiger partial charge < -0.3 is 10.4 Å². The molecule has 14 heavy (non-hydrogen) atoms. The second-order valence-electron chi connectivity index (χ2n) is 3.03. The topological polar surface area (TPSA) is 49.3 Å². The van der Waals surface area contributed by atoms with Gasteiger partial charge in [-0.05, 0) is 25.0 Å². The monoisotopic (exact) mass is 193 g/mol. The van der Waals surface area contributed by atoms with Crippen molar-refractivity contribution < 1.29 is 9.90 Å². The van der Waals surface area contributed by atoms with Gasteiger partial charge in [-0.2, -0.15) is 0 Å². The molecule has 1 aromatic rings. The minimum Gasteiger partial charge on any atom is -0.507 e. The Kier molecular flexibility index (Phi) is 3.51. The number of amides is 1. The molecule has 0 saturated carbocycles. The third-order valence-electron chi connectivity index (χ3n) is 2.08. The van der Waals surface area contributed by atoms with Crippen molar-refractivity contribution in [3.63, 3.8) is 0 Å². The van der Waals surface area contributed by atoms with Crippen molar-refractivity contribution in [2.75, 3.05) is 6.54 Å². The molecule has 3 heteroatoms. The largest absolute Gasteiger partial charge is 0.507 e. The summed E-state index contributed by atoms with van der Waals surface area (Å²) in [6.45, 7) is 4.35. The van der Waals surface area contributed by atoms with Crippen molar-refractivity contribution in [3.8, 4) is 5.75 Å². The summed E-state index contributed by atoms with van der Waals surface area (Å²) in [5, 5.41) is 12.4. The van der Waals surface area contributed by atoms with Gasteiger partial charge in [-0.15, -0.1) is 0 Å². The molecule has 1 amide bonds. The van der Waals surface area contributed by atoms with E-state index >= 15 is 0 Å². The van der Waals surface area contributed by atoms with E-state index in [1.54, 1.807) is 12.1 Å². The highest BCUT2D eigenvalue weighted by Gasteiger charge is 2.11. The number of aromatic hydroxyl groups is 1. The third-order valence-corrected chi connectivity index (χ3v) is 2.08. The molecule has 0 atom stereocenters. The van der Waals surface area contributed by atoms with Crippen molar-refractivity contribution in [2.24, 2.45) is 0 Å². The van der Waals surface area contributed by atoms with Crippen LogP contribution in [0.2, 0.25) is 0 Å². The summed E-state index contributed by atoms with van der Waals surface area (Å²) in [6.07, 6.45) is 0.721. The summed E-state index contributed by atoms with van der Waals surface area (Å²) in [5.41, 5.74) is 1.15. The summed E-state index contributed by atoms with van der Waals surface area (Å²) >= 11 is 0. The molecule has 0 heterocycles. The Labute approximate surface area is 83.8 Å². The fraction of sp³-hybridized carbons (Fsp3) is 0.364. The fourth-order valence-corrected chi connectivity index (χ4v) is 1.32. The van der Waals surface area contributed by atoms with E-state index in [1.165, 1.54) is 0 Å². The summed E-state index contributed by atoms with van der Waals surface area (Å²) in [4.78, 5) is 11.5. The van der Waals surface area contributed by atoms with Gasteiger partial charge >= 0.3 is 0 Å². The van der Waals surface area contributed by atoms with Gasteiger partial charge in [-0.25, -0.2) is 0 Å². The molecule has 0 fully saturated rings. The number of phenols is 1. The van der Waals surface area contributed by atoms with E-state index in [2.05, 4.69) is 5.32 Å². The first kappa shape index (κ1) is 10.6. The van der Waals surface area contributed by atoms with Crippen LogP contribution in [0.5, 0.6) is 5.75 Å². The van der Waals surface area contributed by atoms with Crippen molar-refractivity contribution >= 4 is 5.91 Å². The number of nitrogens with one attached hydrogen (secondary N) is 1. The fourth-order valence-electron chi connectivity index (χ4n) is 1.32. The van der Waals surface area contributed by atoms with Crippen molar-refractivity contribution in [1.29, 1.82) is 0 Å². The number of aryl methyl sites for hydroxylation is 1. The highest BCUT2D eigenvalue weighted by molar-refractivity contribution is 5.97. The van der Waals surface area contributed by atoms with Crippen LogP contribution in [-0.4, -0.2) is 17.6 Å². The number of hydrogen-bond acceptors (Lipinski definition) is 2. The second-order valence-corrected chi connectivity index (χ2v) is 3.03. The first-order valence-corrected chi connectivity index (χ1v) is 4.79. The number of carbonyl (C=O) groups excluding carboxylic acids is 1. The number of rotatable bonds is 3. The normalized spacial score (nSPS) is 9.86. The standard InChI is InChI=1S/C11H15NO2/c1-3-8-6-5-7-9(10(8)13)11(14)12-4-2/h5-7,13H,3-4H2,1-2H3,(H,12,14). The molecule has 1 rings (SSSR count). The van der Waals surface area contributed by atoms with Gasteiger partial charge in [0, 0.05) is 6.54 Å². The van der Waals surface area contributed by atoms with Gasteiger partial charge in [0.15, 0.2) is 0 Å². The van der Waals surface area contributed by atoms with Crippen LogP contribution in [0.3, 0.4) is 0 Å². The molecule has 1 aromatic carbocycles. The number of phenolic OH excluding ortho intramolecular Hbond substituents is 1. The summed E-state index contributed by atoms with van der Waals surface area (Å²) in [7, 11) is 0. The molecule has 0 saturated heterocycles. The van der Waals surface area contributed by atoms with Crippen LogP contribution in [0.15, 0.2) is 18.2 Å². The lowest BCUT2D eigenvalue weighted by Crippen LogP contribution is -2.22. The Morgan fingerprint density at radius 1 is 1.43 bits per heavy atom. The van der Waals surface area contributed by atoms with Crippen LogP contribution in [-0.2, 0) is 6.42 Å². The average molecular weight is 193 g/mol. The Balaban J connectivity index is 3.03. The smallest absolute Gasteiger partial charge is 0.255 e. The van der Waals surface area contributed by atoms with Gasteiger partial charge in [0.1, 0.15) is 5.75 Å². The molecule has 0 aliphatic rings. The second kappa shape index (κ2) is 4.65. The van der Waals surface area contributed by atoms with Gasteiger partial charge in [0.05, 0.1) is 5.56 Å². The molecule has 0 aliphatic carbocycles. The first-order chi connectivity index (χ1) is 6.70. The minimum atomic E-state index is -0.222. The maximum Gasteiger partial charge on any atom is 0.255 e. The van der Waals surface area contributed by atoms with Crippen LogP contribution in [0.1, 0.15) is 29.8 Å². The third kappa shape index (κ3) is 2.05. The van der Waals surface area contributed by atoms with E-state index in [-0.39, 0.29) is 11.7 Å². The maximum atomic E-state index is 11.5. The van der Waals surface area contributed by atoms with Crippen molar-refractivity contribution in [2.45, 2.75) is 20.3 Å². The predicted octanol–water partition coefficient (Wildman–Crippen LogP) is 1.70. The molecular formula is C11H15NO2. The Hall–Kier alpha value is -1.51. The quantitative estimate of drug-likeness (QED) is 0.767. The van der Waals surface area contributed by atoms with Gasteiger partial charge in [-0.3, -0.25) is 4.79 Å². The molecule has 0 radical (unpaired) electrons. The predicted molar refractivity (Wildman–Crippen MR) is 55.5 cm³/mol. The van der Waals surface area contributed by atoms with E-state index in [9.17, 15) is 9.90 Å². The lowest BCUT2D eigenvalue weighted by atomic mass is 10.1. The van der Waals surface area contributed by atoms with Crippen LogP contribution in [0.4, 0.5) is 0 Å². The van der Waals surface area contributed by atoms with Crippen LogP contribution in [0.25, 0.3) is 0 Å². The molecule has 3 nitrogen and oxygen atoms in total. The molecule has 76 valence electrons. The first-order valence-electron chi connectivity index (χ1n) is 4.79. The average Bonchev–Trinajstić information content (AvgIpc) is 2.18. The number of benzene rings is 1. The zero-order valence-corrected chi connectivity index (χ0v) is 8.50. The number of para-hydroxylation sites is 1. The van der Waals surface area contributed by atoms with Crippen molar-refractivity contribution in [1.82, 2.24) is 5.32 Å². The maximum absolute atomic E-state index is 11.5. The van der Waals surface area contributed by atoms with E-state index in [4.69, 9.17) is 0 Å². The Morgan fingerprint density at radius 3 is 2.71 bits per heavy atom. The summed E-state index contributed by atoms with van der Waals surface area (Å²) in [6, 6.07) is 5.22. The summed E-state index contributed by atoms with van der Waals surface area (Å²) in [5.74, 6) is -0.124. The number of hydrogen-bond donors (Lipinski definition) is 2. The highest BCUT2D eigenvalue weighted by Crippen LogP contribution is 2.22. The zero-order valence-electron chi connectivity index (χ0n) is 8.50. The molecule has 0 bridgehead atoms. The minimum absolute atomic E-state index is 0.0981. The lowest BCUT2D eigenvalue weighted by Gasteiger charge is -2.07. The van der Waals surface area contributed by atoms with E-state index in [0.717, 1.165) is 12.0 Å². The zero-order chi connectivity index (χ0) is 10.6. The molecule has 0 aliphatic heterocycles. The highest BCUT2D eigenvalue weighted by atomic mass is 16.3. The van der Waals surface area contributed by atoms with Gasteiger partial charge in [0.25, 0.3) is 5.91 Å². The molecular weight excluding hydrogens is 178 g/mol. The van der Waals surface area contributed by atoms with Crippen LogP contribution >= 0.6 is 0 Å². The Bertz CT molecular complexity index is 334. The lowest BCUT2D eigenvalue weighted by molar-refractivity contribution is 0.0953. The molecule has 0 spiro atoms. The Morgan fingerprint density at radius 2 is 2.14 bits per heavy atom.